The van der Waals surface area contributed by atoms with Gasteiger partial charge < -0.3 is 11.1 Å². The minimum atomic E-state index is -0.328. The first-order valence-electron chi connectivity index (χ1n) is 5.94. The lowest BCUT2D eigenvalue weighted by molar-refractivity contribution is -0.117. The number of aromatic nitrogens is 3. The predicted molar refractivity (Wildman–Crippen MR) is 69.4 cm³/mol. The monoisotopic (exact) mass is 247 g/mol. The topological polar surface area (TPSA) is 85.3 Å². The number of carbonyl (C=O) groups excluding carboxylic acids is 1. The molecule has 0 unspecified atom stereocenters. The van der Waals surface area contributed by atoms with Crippen LogP contribution in [-0.4, -0.2) is 27.0 Å². The molecule has 0 aliphatic heterocycles. The second-order valence-corrected chi connectivity index (χ2v) is 4.47. The van der Waals surface area contributed by atoms with Crippen molar-refractivity contribution in [1.29, 1.82) is 0 Å². The van der Waals surface area contributed by atoms with Gasteiger partial charge in [0, 0.05) is 25.4 Å². The number of hydrogen-bond acceptors (Lipinski definition) is 4. The van der Waals surface area contributed by atoms with E-state index in [1.165, 1.54) is 0 Å². The van der Waals surface area contributed by atoms with Gasteiger partial charge >= 0.3 is 0 Å². The SMILES string of the molecule is CC(C)c1cc2c(NCCC(N)=O)nccn2n1. The maximum atomic E-state index is 10.7. The van der Waals surface area contributed by atoms with Gasteiger partial charge in [0.25, 0.3) is 0 Å². The highest BCUT2D eigenvalue weighted by Crippen LogP contribution is 2.19. The maximum absolute atomic E-state index is 10.7. The Balaban J connectivity index is 2.24. The summed E-state index contributed by atoms with van der Waals surface area (Å²) in [4.78, 5) is 14.9. The van der Waals surface area contributed by atoms with Crippen molar-refractivity contribution in [1.82, 2.24) is 14.6 Å². The number of amides is 1. The number of nitrogens with two attached hydrogens (primary N) is 1. The molecule has 18 heavy (non-hydrogen) atoms. The van der Waals surface area contributed by atoms with Gasteiger partial charge in [0.05, 0.1) is 5.69 Å². The fourth-order valence-electron chi connectivity index (χ4n) is 1.66. The average molecular weight is 247 g/mol. The fourth-order valence-corrected chi connectivity index (χ4v) is 1.66. The molecule has 0 aliphatic carbocycles. The molecular formula is C12H17N5O. The average Bonchev–Trinajstić information content (AvgIpc) is 2.73. The molecular weight excluding hydrogens is 230 g/mol. The lowest BCUT2D eigenvalue weighted by Gasteiger charge is -2.04. The molecule has 6 nitrogen and oxygen atoms in total. The summed E-state index contributed by atoms with van der Waals surface area (Å²) in [5.41, 5.74) is 7.02. The van der Waals surface area contributed by atoms with Gasteiger partial charge in [-0.2, -0.15) is 5.10 Å². The van der Waals surface area contributed by atoms with Gasteiger partial charge in [-0.05, 0) is 12.0 Å². The number of anilines is 1. The predicted octanol–water partition coefficient (Wildman–Crippen LogP) is 1.14. The quantitative estimate of drug-likeness (QED) is 0.829. The largest absolute Gasteiger partial charge is 0.370 e. The molecule has 6 heteroatoms. The second-order valence-electron chi connectivity index (χ2n) is 4.47. The molecule has 3 N–H and O–H groups in total. The van der Waals surface area contributed by atoms with Crippen molar-refractivity contribution in [2.75, 3.05) is 11.9 Å². The summed E-state index contributed by atoms with van der Waals surface area (Å²) in [6.45, 7) is 4.66. The molecule has 0 bridgehead atoms. The maximum Gasteiger partial charge on any atom is 0.219 e. The van der Waals surface area contributed by atoms with E-state index in [1.54, 1.807) is 16.9 Å². The van der Waals surface area contributed by atoms with Gasteiger partial charge in [-0.25, -0.2) is 9.50 Å². The van der Waals surface area contributed by atoms with Gasteiger partial charge in [-0.1, -0.05) is 13.8 Å². The van der Waals surface area contributed by atoms with Crippen LogP contribution in [0.2, 0.25) is 0 Å². The van der Waals surface area contributed by atoms with E-state index < -0.39 is 0 Å². The molecule has 1 amide bonds. The Hall–Kier alpha value is -2.11. The Morgan fingerprint density at radius 1 is 1.56 bits per heavy atom. The third kappa shape index (κ3) is 2.58. The molecule has 0 aromatic carbocycles. The van der Waals surface area contributed by atoms with Crippen LogP contribution in [0.3, 0.4) is 0 Å². The zero-order chi connectivity index (χ0) is 13.1. The number of primary amides is 1. The van der Waals surface area contributed by atoms with Crippen LogP contribution in [0.5, 0.6) is 0 Å². The molecule has 0 radical (unpaired) electrons. The van der Waals surface area contributed by atoms with Crippen molar-refractivity contribution in [2.24, 2.45) is 5.73 Å². The zero-order valence-electron chi connectivity index (χ0n) is 10.6. The summed E-state index contributed by atoms with van der Waals surface area (Å²) >= 11 is 0. The third-order valence-corrected chi connectivity index (χ3v) is 2.66. The van der Waals surface area contributed by atoms with Crippen LogP contribution >= 0.6 is 0 Å². The van der Waals surface area contributed by atoms with Crippen molar-refractivity contribution in [3.8, 4) is 0 Å². The first-order chi connectivity index (χ1) is 8.58. The Labute approximate surface area is 105 Å². The van der Waals surface area contributed by atoms with Gasteiger partial charge in [-0.3, -0.25) is 4.79 Å². The van der Waals surface area contributed by atoms with Crippen LogP contribution < -0.4 is 11.1 Å². The van der Waals surface area contributed by atoms with Gasteiger partial charge in [0.1, 0.15) is 5.52 Å². The first-order valence-corrected chi connectivity index (χ1v) is 5.94. The molecule has 0 aliphatic rings. The molecule has 0 atom stereocenters. The molecule has 2 heterocycles. The van der Waals surface area contributed by atoms with Gasteiger partial charge in [-0.15, -0.1) is 0 Å². The van der Waals surface area contributed by atoms with E-state index in [1.807, 2.05) is 6.07 Å². The number of rotatable bonds is 5. The lowest BCUT2D eigenvalue weighted by Crippen LogP contribution is -2.16. The summed E-state index contributed by atoms with van der Waals surface area (Å²) < 4.78 is 1.79. The first kappa shape index (κ1) is 12.3. The molecule has 96 valence electrons. The molecule has 0 spiro atoms. The summed E-state index contributed by atoms with van der Waals surface area (Å²) in [6, 6.07) is 2.00. The van der Waals surface area contributed by atoms with E-state index in [-0.39, 0.29) is 12.3 Å². The number of nitrogens with one attached hydrogen (secondary N) is 1. The normalized spacial score (nSPS) is 11.1. The Bertz CT molecular complexity index is 561. The van der Waals surface area contributed by atoms with E-state index in [2.05, 4.69) is 29.2 Å². The van der Waals surface area contributed by atoms with Crippen molar-refractivity contribution < 1.29 is 4.79 Å². The number of carbonyl (C=O) groups is 1. The second kappa shape index (κ2) is 5.03. The summed E-state index contributed by atoms with van der Waals surface area (Å²) in [5.74, 6) is 0.757. The van der Waals surface area contributed by atoms with Gasteiger partial charge in [0.2, 0.25) is 5.91 Å². The van der Waals surface area contributed by atoms with Crippen LogP contribution in [-0.2, 0) is 4.79 Å². The fraction of sp³-hybridized carbons (Fsp3) is 0.417. The van der Waals surface area contributed by atoms with Crippen LogP contribution in [0.15, 0.2) is 18.5 Å². The highest BCUT2D eigenvalue weighted by molar-refractivity contribution is 5.75. The standard InChI is InChI=1S/C12H17N5O/c1-8(2)9-7-10-12(14-4-3-11(13)18)15-5-6-17(10)16-9/h5-8H,3-4H2,1-2H3,(H2,13,18)(H,14,15). The van der Waals surface area contributed by atoms with Crippen LogP contribution in [0, 0.1) is 0 Å². The van der Waals surface area contributed by atoms with E-state index in [4.69, 9.17) is 5.73 Å². The molecule has 0 saturated carbocycles. The van der Waals surface area contributed by atoms with Crippen LogP contribution in [0.1, 0.15) is 31.9 Å². The van der Waals surface area contributed by atoms with Crippen molar-refractivity contribution in [3.63, 3.8) is 0 Å². The number of hydrogen-bond donors (Lipinski definition) is 2. The van der Waals surface area contributed by atoms with Gasteiger partial charge in [0.15, 0.2) is 5.82 Å². The minimum absolute atomic E-state index is 0.286. The van der Waals surface area contributed by atoms with Crippen LogP contribution in [0.4, 0.5) is 5.82 Å². The Morgan fingerprint density at radius 3 is 3.00 bits per heavy atom. The lowest BCUT2D eigenvalue weighted by atomic mass is 10.1. The summed E-state index contributed by atoms with van der Waals surface area (Å²) in [6.07, 6.45) is 3.77. The third-order valence-electron chi connectivity index (χ3n) is 2.66. The van der Waals surface area contributed by atoms with E-state index in [9.17, 15) is 4.79 Å². The Morgan fingerprint density at radius 2 is 2.33 bits per heavy atom. The smallest absolute Gasteiger partial charge is 0.219 e. The molecule has 0 saturated heterocycles. The minimum Gasteiger partial charge on any atom is -0.370 e. The molecule has 2 rings (SSSR count). The van der Waals surface area contributed by atoms with Crippen LogP contribution in [0.25, 0.3) is 5.52 Å². The number of fused-ring (bicyclic) bond motifs is 1. The van der Waals surface area contributed by atoms with Crippen molar-refractivity contribution in [3.05, 3.63) is 24.2 Å². The summed E-state index contributed by atoms with van der Waals surface area (Å²) in [7, 11) is 0. The molecule has 2 aromatic rings. The van der Waals surface area contributed by atoms with Crippen molar-refractivity contribution in [2.45, 2.75) is 26.2 Å². The highest BCUT2D eigenvalue weighted by atomic mass is 16.1. The van der Waals surface area contributed by atoms with E-state index >= 15 is 0 Å². The summed E-state index contributed by atoms with van der Waals surface area (Å²) in [5, 5.41) is 7.56. The van der Waals surface area contributed by atoms with Crippen molar-refractivity contribution >= 4 is 17.2 Å². The highest BCUT2D eigenvalue weighted by Gasteiger charge is 2.09. The molecule has 0 fully saturated rings. The van der Waals surface area contributed by atoms with E-state index in [0.29, 0.717) is 12.5 Å². The molecule has 2 aromatic heterocycles. The Kier molecular flexibility index (Phi) is 3.45. The number of nitrogens with zero attached hydrogens (tertiary/aromatic N) is 3. The van der Waals surface area contributed by atoms with E-state index in [0.717, 1.165) is 17.0 Å². The zero-order valence-corrected chi connectivity index (χ0v) is 10.6.